The number of halogens is 1. The van der Waals surface area contributed by atoms with E-state index in [1.165, 1.54) is 24.0 Å². The molecule has 2 unspecified atom stereocenters. The van der Waals surface area contributed by atoms with Crippen molar-refractivity contribution in [1.29, 1.82) is 0 Å². The van der Waals surface area contributed by atoms with Crippen LogP contribution in [0.2, 0.25) is 5.02 Å². The highest BCUT2D eigenvalue weighted by atomic mass is 35.5. The van der Waals surface area contributed by atoms with Crippen LogP contribution in [0.25, 0.3) is 0 Å². The Hall–Kier alpha value is -0.570. The molecule has 2 nitrogen and oxygen atoms in total. The zero-order valence-corrected chi connectivity index (χ0v) is 10.3. The first-order valence-electron chi connectivity index (χ1n) is 5.84. The summed E-state index contributed by atoms with van der Waals surface area (Å²) in [6.45, 7) is 1.80. The minimum Gasteiger partial charge on any atom is -0.387 e. The monoisotopic (exact) mass is 239 g/mol. The van der Waals surface area contributed by atoms with E-state index in [-0.39, 0.29) is 6.04 Å². The third-order valence-corrected chi connectivity index (χ3v) is 3.61. The van der Waals surface area contributed by atoms with E-state index in [0.717, 1.165) is 23.4 Å². The molecule has 0 radical (unpaired) electrons. The number of aliphatic hydroxyl groups excluding tert-OH is 1. The van der Waals surface area contributed by atoms with Crippen LogP contribution in [-0.4, -0.2) is 11.1 Å². The van der Waals surface area contributed by atoms with Gasteiger partial charge in [0, 0.05) is 11.1 Å². The number of nitrogens with two attached hydrogens (primary N) is 1. The average molecular weight is 240 g/mol. The van der Waals surface area contributed by atoms with E-state index in [0.29, 0.717) is 0 Å². The van der Waals surface area contributed by atoms with Gasteiger partial charge in [-0.15, -0.1) is 0 Å². The summed E-state index contributed by atoms with van der Waals surface area (Å²) < 4.78 is 0. The van der Waals surface area contributed by atoms with Gasteiger partial charge in [-0.05, 0) is 55.4 Å². The standard InChI is InChI=1S/C13H18ClNO/c1-8(15)13(16)10-6-9-4-2-3-5-11(9)12(14)7-10/h6-8,13,16H,2-5,15H2,1H3. The van der Waals surface area contributed by atoms with Crippen molar-refractivity contribution in [3.05, 3.63) is 33.8 Å². The van der Waals surface area contributed by atoms with E-state index >= 15 is 0 Å². The summed E-state index contributed by atoms with van der Waals surface area (Å²) in [4.78, 5) is 0. The largest absolute Gasteiger partial charge is 0.387 e. The predicted octanol–water partition coefficient (Wildman–Crippen LogP) is 2.60. The molecule has 0 bridgehead atoms. The Bertz CT molecular complexity index is 390. The summed E-state index contributed by atoms with van der Waals surface area (Å²) in [5.41, 5.74) is 9.09. The van der Waals surface area contributed by atoms with Crippen LogP contribution in [0.15, 0.2) is 12.1 Å². The van der Waals surface area contributed by atoms with Crippen LogP contribution in [0.5, 0.6) is 0 Å². The molecule has 2 rings (SSSR count). The Morgan fingerprint density at radius 2 is 2.00 bits per heavy atom. The maximum Gasteiger partial charge on any atom is 0.0938 e. The normalized spacial score (nSPS) is 19.0. The van der Waals surface area contributed by atoms with Crippen molar-refractivity contribution in [2.24, 2.45) is 5.73 Å². The second-order valence-corrected chi connectivity index (χ2v) is 5.06. The van der Waals surface area contributed by atoms with Crippen LogP contribution in [-0.2, 0) is 12.8 Å². The minimum absolute atomic E-state index is 0.266. The van der Waals surface area contributed by atoms with Crippen molar-refractivity contribution in [1.82, 2.24) is 0 Å². The Labute approximate surface area is 101 Å². The SMILES string of the molecule is CC(N)C(O)c1cc(Cl)c2c(c1)CCCC2. The van der Waals surface area contributed by atoms with E-state index in [1.54, 1.807) is 6.92 Å². The molecule has 1 aliphatic carbocycles. The summed E-state index contributed by atoms with van der Waals surface area (Å²) in [6, 6.07) is 3.66. The number of rotatable bonds is 2. The summed E-state index contributed by atoms with van der Waals surface area (Å²) in [5, 5.41) is 10.7. The van der Waals surface area contributed by atoms with E-state index in [4.69, 9.17) is 17.3 Å². The lowest BCUT2D eigenvalue weighted by Crippen LogP contribution is -2.24. The Balaban J connectivity index is 2.39. The summed E-state index contributed by atoms with van der Waals surface area (Å²) >= 11 is 6.24. The molecular formula is C13H18ClNO. The molecule has 0 aliphatic heterocycles. The molecule has 0 saturated carbocycles. The molecule has 0 saturated heterocycles. The molecule has 3 N–H and O–H groups in total. The van der Waals surface area contributed by atoms with Gasteiger partial charge >= 0.3 is 0 Å². The fourth-order valence-electron chi connectivity index (χ4n) is 2.31. The average Bonchev–Trinajstić information content (AvgIpc) is 2.28. The van der Waals surface area contributed by atoms with Crippen molar-refractivity contribution in [2.45, 2.75) is 44.8 Å². The molecule has 16 heavy (non-hydrogen) atoms. The first kappa shape index (κ1) is 11.9. The van der Waals surface area contributed by atoms with Gasteiger partial charge in [0.15, 0.2) is 0 Å². The number of aliphatic hydroxyl groups is 1. The lowest BCUT2D eigenvalue weighted by atomic mass is 9.88. The topological polar surface area (TPSA) is 46.2 Å². The zero-order chi connectivity index (χ0) is 11.7. The number of benzene rings is 1. The first-order valence-corrected chi connectivity index (χ1v) is 6.22. The number of hydrogen-bond donors (Lipinski definition) is 2. The fraction of sp³-hybridized carbons (Fsp3) is 0.538. The second kappa shape index (κ2) is 4.74. The lowest BCUT2D eigenvalue weighted by molar-refractivity contribution is 0.153. The van der Waals surface area contributed by atoms with Gasteiger partial charge in [-0.1, -0.05) is 17.7 Å². The molecule has 2 atom stereocenters. The quantitative estimate of drug-likeness (QED) is 0.834. The van der Waals surface area contributed by atoms with Gasteiger partial charge in [-0.2, -0.15) is 0 Å². The van der Waals surface area contributed by atoms with Crippen molar-refractivity contribution < 1.29 is 5.11 Å². The van der Waals surface area contributed by atoms with Gasteiger partial charge in [0.2, 0.25) is 0 Å². The molecule has 88 valence electrons. The highest BCUT2D eigenvalue weighted by molar-refractivity contribution is 6.31. The van der Waals surface area contributed by atoms with Crippen LogP contribution in [0.1, 0.15) is 42.6 Å². The summed E-state index contributed by atoms with van der Waals surface area (Å²) in [7, 11) is 0. The molecule has 3 heteroatoms. The molecule has 1 aromatic carbocycles. The van der Waals surface area contributed by atoms with Gasteiger partial charge in [-0.25, -0.2) is 0 Å². The Morgan fingerprint density at radius 1 is 1.31 bits per heavy atom. The van der Waals surface area contributed by atoms with Gasteiger partial charge in [0.25, 0.3) is 0 Å². The molecule has 0 heterocycles. The third-order valence-electron chi connectivity index (χ3n) is 3.27. The fourth-order valence-corrected chi connectivity index (χ4v) is 2.65. The van der Waals surface area contributed by atoms with Gasteiger partial charge < -0.3 is 10.8 Å². The van der Waals surface area contributed by atoms with Crippen molar-refractivity contribution >= 4 is 11.6 Å². The van der Waals surface area contributed by atoms with Crippen LogP contribution >= 0.6 is 11.6 Å². The highest BCUT2D eigenvalue weighted by Crippen LogP contribution is 2.31. The van der Waals surface area contributed by atoms with Gasteiger partial charge in [0.1, 0.15) is 0 Å². The molecule has 0 amide bonds. The van der Waals surface area contributed by atoms with Crippen molar-refractivity contribution in [3.63, 3.8) is 0 Å². The number of hydrogen-bond acceptors (Lipinski definition) is 2. The molecule has 1 aliphatic rings. The van der Waals surface area contributed by atoms with Crippen molar-refractivity contribution in [3.8, 4) is 0 Å². The summed E-state index contributed by atoms with van der Waals surface area (Å²) in [5.74, 6) is 0. The first-order chi connectivity index (χ1) is 7.59. The maximum absolute atomic E-state index is 9.94. The lowest BCUT2D eigenvalue weighted by Gasteiger charge is -2.21. The minimum atomic E-state index is -0.621. The molecule has 0 fully saturated rings. The van der Waals surface area contributed by atoms with Gasteiger partial charge in [-0.3, -0.25) is 0 Å². The van der Waals surface area contributed by atoms with E-state index in [9.17, 15) is 5.11 Å². The highest BCUT2D eigenvalue weighted by Gasteiger charge is 2.18. The van der Waals surface area contributed by atoms with Crippen LogP contribution in [0.4, 0.5) is 0 Å². The Kier molecular flexibility index (Phi) is 3.53. The van der Waals surface area contributed by atoms with Crippen LogP contribution < -0.4 is 5.73 Å². The van der Waals surface area contributed by atoms with E-state index < -0.39 is 6.10 Å². The second-order valence-electron chi connectivity index (χ2n) is 4.65. The summed E-state index contributed by atoms with van der Waals surface area (Å²) in [6.07, 6.45) is 3.92. The smallest absolute Gasteiger partial charge is 0.0938 e. The van der Waals surface area contributed by atoms with Gasteiger partial charge in [0.05, 0.1) is 6.10 Å². The third kappa shape index (κ3) is 2.24. The van der Waals surface area contributed by atoms with E-state index in [1.807, 2.05) is 6.07 Å². The Morgan fingerprint density at radius 3 is 2.69 bits per heavy atom. The number of aryl methyl sites for hydroxylation is 1. The van der Waals surface area contributed by atoms with E-state index in [2.05, 4.69) is 6.07 Å². The van der Waals surface area contributed by atoms with Crippen LogP contribution in [0.3, 0.4) is 0 Å². The zero-order valence-electron chi connectivity index (χ0n) is 9.54. The van der Waals surface area contributed by atoms with Crippen LogP contribution in [0, 0.1) is 0 Å². The van der Waals surface area contributed by atoms with Crippen molar-refractivity contribution in [2.75, 3.05) is 0 Å². The maximum atomic E-state index is 9.94. The molecule has 1 aromatic rings. The number of fused-ring (bicyclic) bond motifs is 1. The molecule has 0 aromatic heterocycles. The predicted molar refractivity (Wildman–Crippen MR) is 66.7 cm³/mol. The molecular weight excluding hydrogens is 222 g/mol. The molecule has 0 spiro atoms.